The standard InChI is InChI=1S/C20H23NO2S2/c21-12-14-4-1-2-5-15(14)13-23-19(22)16-10-17-6-3-7-18(11-16)20(17)24-8-9-25-20/h1-2,4-5,16-18H,3,6-11,13H2. The zero-order valence-corrected chi connectivity index (χ0v) is 15.9. The second kappa shape index (κ2) is 7.25. The molecule has 132 valence electrons. The molecule has 1 aromatic rings. The summed E-state index contributed by atoms with van der Waals surface area (Å²) in [7, 11) is 0. The topological polar surface area (TPSA) is 50.1 Å². The van der Waals surface area contributed by atoms with Crippen LogP contribution in [0.5, 0.6) is 0 Å². The van der Waals surface area contributed by atoms with Crippen LogP contribution >= 0.6 is 23.5 Å². The summed E-state index contributed by atoms with van der Waals surface area (Å²) in [5, 5.41) is 9.16. The first kappa shape index (κ1) is 17.3. The lowest BCUT2D eigenvalue weighted by Crippen LogP contribution is -2.48. The number of carbonyl (C=O) groups is 1. The van der Waals surface area contributed by atoms with Crippen LogP contribution in [0.25, 0.3) is 0 Å². The summed E-state index contributed by atoms with van der Waals surface area (Å²) in [4.78, 5) is 12.7. The molecule has 5 heteroatoms. The first-order valence-corrected chi connectivity index (χ1v) is 11.1. The van der Waals surface area contributed by atoms with E-state index in [-0.39, 0.29) is 18.5 Å². The van der Waals surface area contributed by atoms with Crippen molar-refractivity contribution < 1.29 is 9.53 Å². The molecule has 1 aliphatic heterocycles. The minimum Gasteiger partial charge on any atom is -0.461 e. The van der Waals surface area contributed by atoms with Gasteiger partial charge in [-0.15, -0.1) is 23.5 Å². The third-order valence-corrected chi connectivity index (χ3v) is 9.98. The van der Waals surface area contributed by atoms with Crippen LogP contribution in [-0.4, -0.2) is 21.6 Å². The first-order chi connectivity index (χ1) is 12.2. The van der Waals surface area contributed by atoms with Gasteiger partial charge in [-0.3, -0.25) is 4.79 Å². The molecule has 1 saturated heterocycles. The van der Waals surface area contributed by atoms with Crippen molar-refractivity contribution in [2.24, 2.45) is 17.8 Å². The Morgan fingerprint density at radius 3 is 2.56 bits per heavy atom. The van der Waals surface area contributed by atoms with Gasteiger partial charge in [0.15, 0.2) is 0 Å². The molecule has 1 aromatic carbocycles. The van der Waals surface area contributed by atoms with Gasteiger partial charge in [0, 0.05) is 17.1 Å². The lowest BCUT2D eigenvalue weighted by molar-refractivity contribution is -0.152. The zero-order valence-electron chi connectivity index (χ0n) is 14.3. The van der Waals surface area contributed by atoms with Gasteiger partial charge in [-0.1, -0.05) is 24.6 Å². The number of hydrogen-bond acceptors (Lipinski definition) is 5. The van der Waals surface area contributed by atoms with Crippen LogP contribution < -0.4 is 0 Å². The van der Waals surface area contributed by atoms with Crippen molar-refractivity contribution in [1.82, 2.24) is 0 Å². The summed E-state index contributed by atoms with van der Waals surface area (Å²) in [6, 6.07) is 9.52. The molecule has 3 fully saturated rings. The highest BCUT2D eigenvalue weighted by atomic mass is 32.2. The lowest BCUT2D eigenvalue weighted by atomic mass is 9.67. The van der Waals surface area contributed by atoms with Gasteiger partial charge in [0.2, 0.25) is 0 Å². The van der Waals surface area contributed by atoms with Gasteiger partial charge in [0.05, 0.1) is 21.6 Å². The fourth-order valence-electron chi connectivity index (χ4n) is 4.82. The molecule has 2 atom stereocenters. The van der Waals surface area contributed by atoms with Crippen molar-refractivity contribution in [3.05, 3.63) is 35.4 Å². The molecule has 0 N–H and O–H groups in total. The van der Waals surface area contributed by atoms with E-state index in [4.69, 9.17) is 10.00 Å². The fraction of sp³-hybridized carbons (Fsp3) is 0.600. The molecular weight excluding hydrogens is 350 g/mol. The van der Waals surface area contributed by atoms with E-state index in [0.717, 1.165) is 18.4 Å². The van der Waals surface area contributed by atoms with Gasteiger partial charge < -0.3 is 4.74 Å². The molecule has 2 bridgehead atoms. The van der Waals surface area contributed by atoms with Crippen LogP contribution in [0.15, 0.2) is 24.3 Å². The van der Waals surface area contributed by atoms with Crippen LogP contribution in [0.2, 0.25) is 0 Å². The molecule has 4 rings (SSSR count). The van der Waals surface area contributed by atoms with E-state index in [1.165, 1.54) is 30.8 Å². The van der Waals surface area contributed by atoms with E-state index >= 15 is 0 Å². The smallest absolute Gasteiger partial charge is 0.309 e. The largest absolute Gasteiger partial charge is 0.461 e. The van der Waals surface area contributed by atoms with Crippen LogP contribution in [0, 0.1) is 29.1 Å². The van der Waals surface area contributed by atoms with Crippen LogP contribution in [0.4, 0.5) is 0 Å². The third-order valence-electron chi connectivity index (χ3n) is 5.96. The summed E-state index contributed by atoms with van der Waals surface area (Å²) in [6.45, 7) is 0.211. The van der Waals surface area contributed by atoms with Crippen molar-refractivity contribution in [3.63, 3.8) is 0 Å². The second-order valence-corrected chi connectivity index (χ2v) is 10.3. The molecule has 1 heterocycles. The number of esters is 1. The molecule has 0 aromatic heterocycles. The maximum Gasteiger partial charge on any atom is 0.309 e. The van der Waals surface area contributed by atoms with Crippen molar-refractivity contribution >= 4 is 29.5 Å². The van der Waals surface area contributed by atoms with Crippen molar-refractivity contribution in [3.8, 4) is 6.07 Å². The van der Waals surface area contributed by atoms with E-state index < -0.39 is 0 Å². The normalized spacial score (nSPS) is 30.0. The van der Waals surface area contributed by atoms with Gasteiger partial charge in [0.1, 0.15) is 6.61 Å². The maximum absolute atomic E-state index is 12.7. The number of nitriles is 1. The molecule has 25 heavy (non-hydrogen) atoms. The predicted octanol–water partition coefficient (Wildman–Crippen LogP) is 4.60. The number of rotatable bonds is 3. The Kier molecular flexibility index (Phi) is 5.01. The summed E-state index contributed by atoms with van der Waals surface area (Å²) in [5.41, 5.74) is 1.39. The van der Waals surface area contributed by atoms with Crippen molar-refractivity contribution in [1.29, 1.82) is 5.26 Å². The Labute approximate surface area is 157 Å². The Morgan fingerprint density at radius 2 is 1.88 bits per heavy atom. The Hall–Kier alpha value is -1.12. The van der Waals surface area contributed by atoms with E-state index in [2.05, 4.69) is 29.6 Å². The summed E-state index contributed by atoms with van der Waals surface area (Å²) >= 11 is 4.32. The van der Waals surface area contributed by atoms with Gasteiger partial charge in [0.25, 0.3) is 0 Å². The quantitative estimate of drug-likeness (QED) is 0.725. The highest BCUT2D eigenvalue weighted by molar-refractivity contribution is 8.21. The number of ether oxygens (including phenoxy) is 1. The SMILES string of the molecule is N#Cc1ccccc1COC(=O)C1CC2CCCC(C1)C21SCCS1. The van der Waals surface area contributed by atoms with Crippen LogP contribution in [0.3, 0.4) is 0 Å². The molecule has 0 radical (unpaired) electrons. The number of carbonyl (C=O) groups excluding carboxylic acids is 1. The summed E-state index contributed by atoms with van der Waals surface area (Å²) < 4.78 is 6.01. The third kappa shape index (κ3) is 3.19. The highest BCUT2D eigenvalue weighted by Crippen LogP contribution is 2.64. The van der Waals surface area contributed by atoms with Crippen molar-refractivity contribution in [2.45, 2.75) is 42.8 Å². The van der Waals surface area contributed by atoms with E-state index in [1.807, 2.05) is 18.2 Å². The fourth-order valence-corrected chi connectivity index (χ4v) is 8.76. The Morgan fingerprint density at radius 1 is 1.20 bits per heavy atom. The Balaban J connectivity index is 1.41. The number of thioether (sulfide) groups is 2. The number of benzene rings is 1. The monoisotopic (exact) mass is 373 g/mol. The van der Waals surface area contributed by atoms with Gasteiger partial charge >= 0.3 is 5.97 Å². The highest BCUT2D eigenvalue weighted by Gasteiger charge is 2.55. The van der Waals surface area contributed by atoms with Gasteiger partial charge in [-0.05, 0) is 43.6 Å². The summed E-state index contributed by atoms with van der Waals surface area (Å²) in [6.07, 6.45) is 5.80. The predicted molar refractivity (Wildman–Crippen MR) is 102 cm³/mol. The van der Waals surface area contributed by atoms with Crippen LogP contribution in [0.1, 0.15) is 43.2 Å². The second-order valence-electron chi connectivity index (χ2n) is 7.29. The number of nitrogens with zero attached hydrogens (tertiary/aromatic N) is 1. The van der Waals surface area contributed by atoms with E-state index in [0.29, 0.717) is 21.5 Å². The lowest BCUT2D eigenvalue weighted by Gasteiger charge is -2.51. The zero-order chi connectivity index (χ0) is 17.3. The maximum atomic E-state index is 12.7. The first-order valence-electron chi connectivity index (χ1n) is 9.15. The minimum absolute atomic E-state index is 0.0389. The molecule has 3 aliphatic rings. The molecule has 1 spiro atoms. The molecule has 2 saturated carbocycles. The average Bonchev–Trinajstić information content (AvgIpc) is 3.09. The van der Waals surface area contributed by atoms with Crippen LogP contribution in [-0.2, 0) is 16.1 Å². The molecule has 2 aliphatic carbocycles. The summed E-state index contributed by atoms with van der Waals surface area (Å²) in [5.74, 6) is 3.81. The van der Waals surface area contributed by atoms with Crippen molar-refractivity contribution in [2.75, 3.05) is 11.5 Å². The molecule has 2 unspecified atom stereocenters. The number of hydrogen-bond donors (Lipinski definition) is 0. The Bertz CT molecular complexity index is 677. The molecule has 0 amide bonds. The van der Waals surface area contributed by atoms with E-state index in [9.17, 15) is 4.79 Å². The van der Waals surface area contributed by atoms with E-state index in [1.54, 1.807) is 6.07 Å². The van der Waals surface area contributed by atoms with Gasteiger partial charge in [-0.25, -0.2) is 0 Å². The minimum atomic E-state index is -0.0625. The molecular formula is C20H23NO2S2. The van der Waals surface area contributed by atoms with Gasteiger partial charge in [-0.2, -0.15) is 5.26 Å². The molecule has 3 nitrogen and oxygen atoms in total. The average molecular weight is 374 g/mol.